The number of fused-ring (bicyclic) bond motifs is 2. The molecule has 0 saturated heterocycles. The van der Waals surface area contributed by atoms with Gasteiger partial charge in [-0.25, -0.2) is 4.98 Å². The Morgan fingerprint density at radius 2 is 2.07 bits per heavy atom. The van der Waals surface area contributed by atoms with E-state index in [1.807, 2.05) is 37.3 Å². The van der Waals surface area contributed by atoms with Gasteiger partial charge in [-0.3, -0.25) is 14.2 Å². The summed E-state index contributed by atoms with van der Waals surface area (Å²) in [7, 11) is 0. The van der Waals surface area contributed by atoms with Crippen LogP contribution in [0.15, 0.2) is 35.1 Å². The Morgan fingerprint density at radius 3 is 2.85 bits per heavy atom. The molecule has 0 saturated carbocycles. The van der Waals surface area contributed by atoms with Crippen molar-refractivity contribution >= 4 is 28.5 Å². The highest BCUT2D eigenvalue weighted by Crippen LogP contribution is 2.18. The van der Waals surface area contributed by atoms with E-state index >= 15 is 0 Å². The molecule has 0 fully saturated rings. The quantitative estimate of drug-likeness (QED) is 0.734. The van der Waals surface area contributed by atoms with Crippen molar-refractivity contribution in [2.45, 2.75) is 39.3 Å². The van der Waals surface area contributed by atoms with Crippen LogP contribution in [0.4, 0.5) is 0 Å². The van der Waals surface area contributed by atoms with E-state index in [9.17, 15) is 9.59 Å². The minimum absolute atomic E-state index is 0.0467. The average Bonchev–Trinajstić information content (AvgIpc) is 3.22. The van der Waals surface area contributed by atoms with E-state index in [-0.39, 0.29) is 18.0 Å². The van der Waals surface area contributed by atoms with Crippen molar-refractivity contribution in [1.82, 2.24) is 19.4 Å². The summed E-state index contributed by atoms with van der Waals surface area (Å²) in [6.07, 6.45) is 2.51. The van der Waals surface area contributed by atoms with Gasteiger partial charge in [0.05, 0.1) is 5.52 Å². The van der Waals surface area contributed by atoms with Gasteiger partial charge in [0.15, 0.2) is 0 Å². The van der Waals surface area contributed by atoms with Crippen molar-refractivity contribution in [3.05, 3.63) is 62.8 Å². The van der Waals surface area contributed by atoms with Gasteiger partial charge in [-0.1, -0.05) is 23.7 Å². The first-order valence-corrected chi connectivity index (χ1v) is 9.51. The van der Waals surface area contributed by atoms with Gasteiger partial charge in [-0.2, -0.15) is 0 Å². The van der Waals surface area contributed by atoms with Crippen molar-refractivity contribution in [1.29, 1.82) is 0 Å². The maximum Gasteiger partial charge on any atom is 0.278 e. The smallest absolute Gasteiger partial charge is 0.278 e. The van der Waals surface area contributed by atoms with Crippen LogP contribution >= 0.6 is 11.6 Å². The molecule has 0 radical (unpaired) electrons. The molecule has 0 spiro atoms. The number of benzene rings is 1. The minimum Gasteiger partial charge on any atom is -0.354 e. The summed E-state index contributed by atoms with van der Waals surface area (Å²) >= 11 is 5.88. The molecule has 0 atom stereocenters. The molecule has 1 amide bonds. The third kappa shape index (κ3) is 3.49. The first-order chi connectivity index (χ1) is 13.0. The summed E-state index contributed by atoms with van der Waals surface area (Å²) in [4.78, 5) is 29.8. The summed E-state index contributed by atoms with van der Waals surface area (Å²) < 4.78 is 3.50. The summed E-state index contributed by atoms with van der Waals surface area (Å²) in [6.45, 7) is 3.25. The Bertz CT molecular complexity index is 1070. The summed E-state index contributed by atoms with van der Waals surface area (Å²) in [5.41, 5.74) is 3.13. The van der Waals surface area contributed by atoms with Crippen LogP contribution in [0.5, 0.6) is 0 Å². The molecular formula is C20H21ClN4O2. The largest absolute Gasteiger partial charge is 0.354 e. The molecule has 27 heavy (non-hydrogen) atoms. The second kappa shape index (κ2) is 7.19. The zero-order chi connectivity index (χ0) is 19.0. The predicted octanol–water partition coefficient (Wildman–Crippen LogP) is 2.46. The van der Waals surface area contributed by atoms with Crippen LogP contribution in [0.2, 0.25) is 5.02 Å². The molecule has 1 aromatic carbocycles. The number of amides is 1. The number of rotatable bonds is 5. The molecule has 0 unspecified atom stereocenters. The molecule has 6 nitrogen and oxygen atoms in total. The fourth-order valence-electron chi connectivity index (χ4n) is 3.63. The Kier molecular flexibility index (Phi) is 4.74. The van der Waals surface area contributed by atoms with E-state index in [2.05, 4.69) is 10.3 Å². The Balaban J connectivity index is 1.48. The highest BCUT2D eigenvalue weighted by atomic mass is 35.5. The maximum absolute atomic E-state index is 12.8. The lowest BCUT2D eigenvalue weighted by atomic mass is 10.1. The monoisotopic (exact) mass is 384 g/mol. The summed E-state index contributed by atoms with van der Waals surface area (Å²) in [5.74, 6) is 0.728. The number of nitrogens with zero attached hydrogens (tertiary/aromatic N) is 3. The van der Waals surface area contributed by atoms with E-state index in [0.29, 0.717) is 29.1 Å². The fraction of sp³-hybridized carbons (Fsp3) is 0.350. The van der Waals surface area contributed by atoms with Crippen molar-refractivity contribution in [3.63, 3.8) is 0 Å². The van der Waals surface area contributed by atoms with Crippen molar-refractivity contribution < 1.29 is 4.79 Å². The third-order valence-corrected chi connectivity index (χ3v) is 5.28. The van der Waals surface area contributed by atoms with Crippen molar-refractivity contribution in [2.24, 2.45) is 0 Å². The van der Waals surface area contributed by atoms with Gasteiger partial charge in [0.1, 0.15) is 17.9 Å². The molecule has 2 aromatic heterocycles. The van der Waals surface area contributed by atoms with Gasteiger partial charge in [-0.05, 0) is 43.5 Å². The highest BCUT2D eigenvalue weighted by molar-refractivity contribution is 6.30. The highest BCUT2D eigenvalue weighted by Gasteiger charge is 2.20. The zero-order valence-corrected chi connectivity index (χ0v) is 15.9. The molecule has 0 bridgehead atoms. The molecule has 7 heteroatoms. The number of carbonyl (C=O) groups is 1. The molecule has 1 aliphatic rings. The molecular weight excluding hydrogens is 364 g/mol. The van der Waals surface area contributed by atoms with E-state index in [0.717, 1.165) is 36.3 Å². The van der Waals surface area contributed by atoms with Gasteiger partial charge in [0.25, 0.3) is 5.56 Å². The van der Waals surface area contributed by atoms with Crippen LogP contribution < -0.4 is 10.9 Å². The van der Waals surface area contributed by atoms with Crippen LogP contribution in [0.1, 0.15) is 23.5 Å². The van der Waals surface area contributed by atoms with Gasteiger partial charge in [0.2, 0.25) is 5.91 Å². The SMILES string of the molecule is Cc1cc2nc3n(c(=O)c2n1CC(=O)NCCc1ccc(Cl)cc1)CCC3. The van der Waals surface area contributed by atoms with Crippen molar-refractivity contribution in [3.8, 4) is 0 Å². The standard InChI is InChI=1S/C20H21ClN4O2/c1-13-11-16-19(20(27)24-10-2-3-17(24)23-16)25(13)12-18(26)22-9-8-14-4-6-15(21)7-5-14/h4-7,11H,2-3,8-10,12H2,1H3,(H,22,26). The number of hydrogen-bond acceptors (Lipinski definition) is 3. The second-order valence-corrected chi connectivity index (χ2v) is 7.36. The number of aromatic nitrogens is 3. The Labute approximate surface area is 161 Å². The van der Waals surface area contributed by atoms with Gasteiger partial charge in [0, 0.05) is 30.2 Å². The van der Waals surface area contributed by atoms with Crippen LogP contribution in [-0.4, -0.2) is 26.6 Å². The van der Waals surface area contributed by atoms with E-state index in [1.54, 1.807) is 9.13 Å². The van der Waals surface area contributed by atoms with Gasteiger partial charge >= 0.3 is 0 Å². The first-order valence-electron chi connectivity index (χ1n) is 9.13. The Morgan fingerprint density at radius 1 is 1.30 bits per heavy atom. The topological polar surface area (TPSA) is 68.9 Å². The number of carbonyl (C=O) groups excluding carboxylic acids is 1. The molecule has 0 aliphatic carbocycles. The van der Waals surface area contributed by atoms with Crippen molar-refractivity contribution in [2.75, 3.05) is 6.54 Å². The van der Waals surface area contributed by atoms with E-state index in [4.69, 9.17) is 11.6 Å². The lowest BCUT2D eigenvalue weighted by molar-refractivity contribution is -0.121. The number of halogens is 1. The lowest BCUT2D eigenvalue weighted by Gasteiger charge is -2.10. The van der Waals surface area contributed by atoms with Crippen LogP contribution in [-0.2, 0) is 30.7 Å². The van der Waals surface area contributed by atoms with Gasteiger partial charge < -0.3 is 9.88 Å². The molecule has 3 aromatic rings. The third-order valence-electron chi connectivity index (χ3n) is 5.03. The second-order valence-electron chi connectivity index (χ2n) is 6.92. The molecule has 1 aliphatic heterocycles. The average molecular weight is 385 g/mol. The molecule has 1 N–H and O–H groups in total. The zero-order valence-electron chi connectivity index (χ0n) is 15.2. The number of nitrogens with one attached hydrogen (secondary N) is 1. The van der Waals surface area contributed by atoms with Gasteiger partial charge in [-0.15, -0.1) is 0 Å². The van der Waals surface area contributed by atoms with Crippen LogP contribution in [0.25, 0.3) is 11.0 Å². The fourth-order valence-corrected chi connectivity index (χ4v) is 3.76. The van der Waals surface area contributed by atoms with Crippen LogP contribution in [0, 0.1) is 6.92 Å². The number of hydrogen-bond donors (Lipinski definition) is 1. The predicted molar refractivity (Wildman–Crippen MR) is 105 cm³/mol. The summed E-state index contributed by atoms with van der Waals surface area (Å²) in [5, 5.41) is 3.62. The Hall–Kier alpha value is -2.60. The molecule has 4 rings (SSSR count). The minimum atomic E-state index is -0.116. The molecule has 3 heterocycles. The summed E-state index contributed by atoms with van der Waals surface area (Å²) in [6, 6.07) is 9.47. The maximum atomic E-state index is 12.8. The first kappa shape index (κ1) is 17.8. The van der Waals surface area contributed by atoms with E-state index < -0.39 is 0 Å². The lowest BCUT2D eigenvalue weighted by Crippen LogP contribution is -2.31. The molecule has 140 valence electrons. The van der Waals surface area contributed by atoms with E-state index in [1.165, 1.54) is 0 Å². The van der Waals surface area contributed by atoms with Crippen LogP contribution in [0.3, 0.4) is 0 Å². The number of aryl methyl sites for hydroxylation is 2. The normalized spacial score (nSPS) is 13.1.